The van der Waals surface area contributed by atoms with Gasteiger partial charge in [-0.3, -0.25) is 19.5 Å². The third kappa shape index (κ3) is 3.71. The van der Waals surface area contributed by atoms with Crippen molar-refractivity contribution in [2.75, 3.05) is 5.32 Å². The summed E-state index contributed by atoms with van der Waals surface area (Å²) in [4.78, 5) is 42.6. The lowest BCUT2D eigenvalue weighted by atomic mass is 10.2. The quantitative estimate of drug-likeness (QED) is 0.675. The van der Waals surface area contributed by atoms with Gasteiger partial charge in [-0.05, 0) is 37.8 Å². The summed E-state index contributed by atoms with van der Waals surface area (Å²) in [5, 5.41) is 6.69. The zero-order valence-corrected chi connectivity index (χ0v) is 15.6. The number of thiazole rings is 1. The number of rotatable bonds is 4. The maximum atomic E-state index is 12.5. The van der Waals surface area contributed by atoms with Crippen molar-refractivity contribution in [3.05, 3.63) is 55.5 Å². The third-order valence-corrected chi connectivity index (χ3v) is 5.86. The van der Waals surface area contributed by atoms with Gasteiger partial charge in [0.2, 0.25) is 5.91 Å². The molecule has 2 N–H and O–H groups in total. The monoisotopic (exact) mass is 384 g/mol. The second-order valence-electron chi connectivity index (χ2n) is 6.69. The van der Waals surface area contributed by atoms with Gasteiger partial charge in [-0.2, -0.15) is 0 Å². The van der Waals surface area contributed by atoms with Crippen molar-refractivity contribution in [3.63, 3.8) is 0 Å². The van der Waals surface area contributed by atoms with Crippen LogP contribution in [0.3, 0.4) is 0 Å². The van der Waals surface area contributed by atoms with Gasteiger partial charge in [0.1, 0.15) is 0 Å². The molecule has 1 aromatic carbocycles. The minimum Gasteiger partial charge on any atom is -0.302 e. The summed E-state index contributed by atoms with van der Waals surface area (Å²) in [6.07, 6.45) is 5.61. The highest BCUT2D eigenvalue weighted by Crippen LogP contribution is 2.28. The maximum absolute atomic E-state index is 12.5. The van der Waals surface area contributed by atoms with Crippen molar-refractivity contribution >= 4 is 33.1 Å². The van der Waals surface area contributed by atoms with Crippen LogP contribution in [0.4, 0.5) is 5.13 Å². The molecule has 1 amide bonds. The van der Waals surface area contributed by atoms with E-state index < -0.39 is 0 Å². The van der Waals surface area contributed by atoms with Crippen molar-refractivity contribution < 1.29 is 4.79 Å². The topological polar surface area (TPSA) is 96.9 Å². The second kappa shape index (κ2) is 7.48. The van der Waals surface area contributed by atoms with Gasteiger partial charge in [-0.15, -0.1) is 11.3 Å². The number of carbonyl (C=O) groups is 1. The molecule has 1 aliphatic carbocycles. The molecule has 0 saturated carbocycles. The van der Waals surface area contributed by atoms with Crippen molar-refractivity contribution in [2.24, 2.45) is 0 Å². The lowest BCUT2D eigenvalue weighted by molar-refractivity contribution is -0.116. The minimum atomic E-state index is -0.339. The molecule has 0 spiro atoms. The van der Waals surface area contributed by atoms with E-state index in [9.17, 15) is 14.4 Å². The third-order valence-electron chi connectivity index (χ3n) is 4.79. The van der Waals surface area contributed by atoms with E-state index in [1.807, 2.05) is 0 Å². The highest BCUT2D eigenvalue weighted by Gasteiger charge is 2.15. The lowest BCUT2D eigenvalue weighted by Crippen LogP contribution is -2.31. The lowest BCUT2D eigenvalue weighted by Gasteiger charge is -2.07. The molecule has 0 bridgehead atoms. The number of nitrogens with one attached hydrogen (secondary N) is 2. The normalized spacial score (nSPS) is 13.9. The Hall–Kier alpha value is -2.74. The molecule has 0 saturated heterocycles. The Bertz CT molecular complexity index is 1090. The Morgan fingerprint density at radius 1 is 1.15 bits per heavy atom. The molecule has 1 aliphatic rings. The molecule has 0 unspecified atom stereocenters. The van der Waals surface area contributed by atoms with Crippen LogP contribution < -0.4 is 16.4 Å². The zero-order chi connectivity index (χ0) is 18.8. The smallest absolute Gasteiger partial charge is 0.273 e. The molecule has 2 heterocycles. The summed E-state index contributed by atoms with van der Waals surface area (Å²) >= 11 is 1.54. The van der Waals surface area contributed by atoms with Crippen LogP contribution >= 0.6 is 11.3 Å². The summed E-state index contributed by atoms with van der Waals surface area (Å²) in [5.41, 5.74) is 0.455. The number of amides is 1. The zero-order valence-electron chi connectivity index (χ0n) is 14.8. The van der Waals surface area contributed by atoms with Crippen LogP contribution in [0.2, 0.25) is 0 Å². The molecule has 0 radical (unpaired) electrons. The predicted octanol–water partition coefficient (Wildman–Crippen LogP) is 2.44. The van der Waals surface area contributed by atoms with Gasteiger partial charge < -0.3 is 5.32 Å². The second-order valence-corrected chi connectivity index (χ2v) is 7.77. The fourth-order valence-corrected chi connectivity index (χ4v) is 4.45. The number of hydrogen-bond donors (Lipinski definition) is 2. The molecule has 140 valence electrons. The van der Waals surface area contributed by atoms with Crippen LogP contribution in [-0.2, 0) is 24.2 Å². The first-order chi connectivity index (χ1) is 13.1. The Kier molecular flexibility index (Phi) is 4.89. The summed E-state index contributed by atoms with van der Waals surface area (Å²) in [5.74, 6) is -0.222. The largest absolute Gasteiger partial charge is 0.302 e. The summed E-state index contributed by atoms with van der Waals surface area (Å²) in [7, 11) is 0. The summed E-state index contributed by atoms with van der Waals surface area (Å²) in [6.45, 7) is 0.107. The van der Waals surface area contributed by atoms with Crippen molar-refractivity contribution in [2.45, 2.75) is 45.1 Å². The highest BCUT2D eigenvalue weighted by molar-refractivity contribution is 7.15. The number of anilines is 1. The van der Waals surface area contributed by atoms with E-state index in [0.29, 0.717) is 15.9 Å². The van der Waals surface area contributed by atoms with E-state index in [4.69, 9.17) is 0 Å². The Morgan fingerprint density at radius 3 is 2.78 bits per heavy atom. The first-order valence-corrected chi connectivity index (χ1v) is 9.94. The maximum Gasteiger partial charge on any atom is 0.273 e. The standard InChI is InChI=1S/C19H20N4O3S/c24-16(21-19-20-14-8-2-1-3-9-15(14)27-19)10-11-23-18(26)13-7-5-4-6-12(13)17(25)22-23/h4-7H,1-3,8-11H2,(H,22,25)(H,20,21,24). The number of nitrogens with zero attached hydrogens (tertiary/aromatic N) is 2. The van der Waals surface area contributed by atoms with Gasteiger partial charge >= 0.3 is 0 Å². The number of aromatic amines is 1. The molecular formula is C19H20N4O3S. The van der Waals surface area contributed by atoms with Gasteiger partial charge in [0.15, 0.2) is 5.13 Å². The molecule has 0 aliphatic heterocycles. The number of fused-ring (bicyclic) bond motifs is 2. The van der Waals surface area contributed by atoms with Gasteiger partial charge in [-0.1, -0.05) is 18.6 Å². The van der Waals surface area contributed by atoms with Crippen molar-refractivity contribution in [1.29, 1.82) is 0 Å². The number of aromatic nitrogens is 3. The number of hydrogen-bond acceptors (Lipinski definition) is 5. The molecule has 3 aromatic rings. The Balaban J connectivity index is 1.45. The van der Waals surface area contributed by atoms with E-state index in [2.05, 4.69) is 15.4 Å². The van der Waals surface area contributed by atoms with Crippen LogP contribution in [0.1, 0.15) is 36.3 Å². The van der Waals surface area contributed by atoms with E-state index >= 15 is 0 Å². The molecule has 7 nitrogen and oxygen atoms in total. The van der Waals surface area contributed by atoms with E-state index in [0.717, 1.165) is 25.0 Å². The molecule has 2 aromatic heterocycles. The fourth-order valence-electron chi connectivity index (χ4n) is 3.38. The minimum absolute atomic E-state index is 0.0818. The fraction of sp³-hybridized carbons (Fsp3) is 0.368. The van der Waals surface area contributed by atoms with Crippen LogP contribution in [-0.4, -0.2) is 20.7 Å². The van der Waals surface area contributed by atoms with Crippen LogP contribution in [0, 0.1) is 0 Å². The van der Waals surface area contributed by atoms with Crippen LogP contribution in [0.25, 0.3) is 10.8 Å². The van der Waals surface area contributed by atoms with Crippen molar-refractivity contribution in [3.8, 4) is 0 Å². The van der Waals surface area contributed by atoms with Gasteiger partial charge in [0.25, 0.3) is 11.1 Å². The summed E-state index contributed by atoms with van der Waals surface area (Å²) < 4.78 is 1.20. The van der Waals surface area contributed by atoms with E-state index in [1.165, 1.54) is 33.7 Å². The van der Waals surface area contributed by atoms with Gasteiger partial charge in [0, 0.05) is 11.3 Å². The number of benzene rings is 1. The predicted molar refractivity (Wildman–Crippen MR) is 105 cm³/mol. The first kappa shape index (κ1) is 17.7. The molecular weight excluding hydrogens is 364 g/mol. The number of carbonyl (C=O) groups excluding carboxylic acids is 1. The van der Waals surface area contributed by atoms with Crippen molar-refractivity contribution in [1.82, 2.24) is 14.8 Å². The number of H-pyrrole nitrogens is 1. The van der Waals surface area contributed by atoms with Crippen LogP contribution in [0.15, 0.2) is 33.9 Å². The summed E-state index contributed by atoms with van der Waals surface area (Å²) in [6, 6.07) is 6.66. The molecule has 0 atom stereocenters. The van der Waals surface area contributed by atoms with Crippen LogP contribution in [0.5, 0.6) is 0 Å². The average Bonchev–Trinajstić information content (AvgIpc) is 2.91. The molecule has 0 fully saturated rings. The Morgan fingerprint density at radius 2 is 1.93 bits per heavy atom. The van der Waals surface area contributed by atoms with Gasteiger partial charge in [0.05, 0.1) is 23.0 Å². The highest BCUT2D eigenvalue weighted by atomic mass is 32.1. The van der Waals surface area contributed by atoms with E-state index in [-0.39, 0.29) is 30.0 Å². The first-order valence-electron chi connectivity index (χ1n) is 9.12. The molecule has 27 heavy (non-hydrogen) atoms. The van der Waals surface area contributed by atoms with E-state index in [1.54, 1.807) is 24.3 Å². The van der Waals surface area contributed by atoms with Gasteiger partial charge in [-0.25, -0.2) is 9.67 Å². The Labute approximate surface area is 159 Å². The SMILES string of the molecule is O=C(CCn1[nH]c(=O)c2ccccc2c1=O)Nc1nc2c(s1)CCCCC2. The molecule has 4 rings (SSSR count). The average molecular weight is 384 g/mol. The molecule has 8 heteroatoms. The number of aryl methyl sites for hydroxylation is 3.